The second-order valence-corrected chi connectivity index (χ2v) is 4.68. The maximum absolute atomic E-state index is 5.61. The summed E-state index contributed by atoms with van der Waals surface area (Å²) in [4.78, 5) is 1.93. The molecule has 3 heteroatoms. The van der Waals surface area contributed by atoms with E-state index in [9.17, 15) is 0 Å². The van der Waals surface area contributed by atoms with Gasteiger partial charge in [0.2, 0.25) is 0 Å². The van der Waals surface area contributed by atoms with Gasteiger partial charge in [-0.3, -0.25) is 0 Å². The van der Waals surface area contributed by atoms with E-state index in [1.54, 1.807) is 14.2 Å². The second kappa shape index (κ2) is 7.25. The molecule has 0 saturated carbocycles. The van der Waals surface area contributed by atoms with Crippen molar-refractivity contribution in [3.05, 3.63) is 59.7 Å². The van der Waals surface area contributed by atoms with E-state index in [1.807, 2.05) is 53.4 Å². The molecule has 0 heterocycles. The van der Waals surface area contributed by atoms with Gasteiger partial charge in [0.25, 0.3) is 0 Å². The largest absolute Gasteiger partial charge is 0.497 e. The first-order chi connectivity index (χ1) is 10.2. The van der Waals surface area contributed by atoms with Crippen LogP contribution in [0.2, 0.25) is 0 Å². The maximum atomic E-state index is 5.61. The molecule has 21 heavy (non-hydrogen) atoms. The first-order valence-electron chi connectivity index (χ1n) is 6.72. The molecule has 3 nitrogen and oxygen atoms in total. The molecule has 0 aliphatic rings. The van der Waals surface area contributed by atoms with E-state index < -0.39 is 0 Å². The summed E-state index contributed by atoms with van der Waals surface area (Å²) >= 11 is 0. The Labute approximate surface area is 126 Å². The number of benzene rings is 2. The highest BCUT2D eigenvalue weighted by atomic mass is 16.5. The molecular weight excluding hydrogens is 262 g/mol. The molecule has 0 aliphatic carbocycles. The van der Waals surface area contributed by atoms with E-state index in [-0.39, 0.29) is 0 Å². The first kappa shape index (κ1) is 14.8. The molecule has 2 aromatic carbocycles. The van der Waals surface area contributed by atoms with E-state index >= 15 is 0 Å². The fourth-order valence-corrected chi connectivity index (χ4v) is 2.05. The highest BCUT2D eigenvalue weighted by Gasteiger charge is 2.04. The minimum atomic E-state index is 0.701. The first-order valence-corrected chi connectivity index (χ1v) is 6.72. The molecule has 2 rings (SSSR count). The monoisotopic (exact) mass is 281 g/mol. The van der Waals surface area contributed by atoms with Gasteiger partial charge in [0.1, 0.15) is 11.5 Å². The minimum Gasteiger partial charge on any atom is -0.497 e. The van der Waals surface area contributed by atoms with Gasteiger partial charge in [0.15, 0.2) is 0 Å². The van der Waals surface area contributed by atoms with Crippen LogP contribution in [0.25, 0.3) is 0 Å². The molecule has 0 saturated heterocycles. The fourth-order valence-electron chi connectivity index (χ4n) is 2.05. The summed E-state index contributed by atoms with van der Waals surface area (Å²) in [5.74, 6) is 1.70. The van der Waals surface area contributed by atoms with Gasteiger partial charge in [-0.2, -0.15) is 0 Å². The smallest absolute Gasteiger partial charge is 0.118 e. The summed E-state index contributed by atoms with van der Waals surface area (Å²) < 4.78 is 10.3. The van der Waals surface area contributed by atoms with Gasteiger partial charge in [-0.25, -0.2) is 0 Å². The molecule has 0 amide bonds. The number of rotatable bonds is 6. The van der Waals surface area contributed by atoms with Crippen LogP contribution < -0.4 is 9.47 Å². The van der Waals surface area contributed by atoms with Crippen molar-refractivity contribution in [2.75, 3.05) is 14.2 Å². The van der Waals surface area contributed by atoms with Crippen LogP contribution in [0.5, 0.6) is 11.5 Å². The zero-order valence-electron chi connectivity index (χ0n) is 12.4. The lowest BCUT2D eigenvalue weighted by molar-refractivity contribution is 0.383. The van der Waals surface area contributed by atoms with Gasteiger partial charge in [-0.1, -0.05) is 30.7 Å². The van der Waals surface area contributed by atoms with Gasteiger partial charge in [-0.15, -0.1) is 0 Å². The van der Waals surface area contributed by atoms with Crippen molar-refractivity contribution >= 4 is 0 Å². The van der Waals surface area contributed by atoms with E-state index in [0.29, 0.717) is 13.1 Å². The molecule has 0 fully saturated rings. The molecule has 0 N–H and O–H groups in total. The summed E-state index contributed by atoms with van der Waals surface area (Å²) in [6, 6.07) is 18.6. The maximum Gasteiger partial charge on any atom is 0.118 e. The summed E-state index contributed by atoms with van der Waals surface area (Å²) in [7, 11) is 3.32. The van der Waals surface area contributed by atoms with E-state index in [2.05, 4.69) is 6.04 Å². The Bertz CT molecular complexity index is 547. The van der Waals surface area contributed by atoms with Crippen molar-refractivity contribution in [2.45, 2.75) is 13.1 Å². The number of ether oxygens (including phenoxy) is 2. The number of hydrogen-bond acceptors (Lipinski definition) is 3. The molecule has 0 spiro atoms. The Kier molecular flexibility index (Phi) is 5.11. The van der Waals surface area contributed by atoms with Gasteiger partial charge >= 0.3 is 0 Å². The zero-order chi connectivity index (χ0) is 15.1. The van der Waals surface area contributed by atoms with Crippen LogP contribution in [0.4, 0.5) is 0 Å². The van der Waals surface area contributed by atoms with E-state index in [1.165, 1.54) is 0 Å². The second-order valence-electron chi connectivity index (χ2n) is 4.68. The highest BCUT2D eigenvalue weighted by Crippen LogP contribution is 2.16. The SMILES string of the molecule is C#CN(Cc1ccc(OC)cc1)Cc1ccc(OC)cc1. The van der Waals surface area contributed by atoms with Crippen LogP contribution >= 0.6 is 0 Å². The molecule has 0 aromatic heterocycles. The molecule has 108 valence electrons. The van der Waals surface area contributed by atoms with Gasteiger partial charge < -0.3 is 14.4 Å². The average molecular weight is 281 g/mol. The number of terminal acetylenes is 1. The van der Waals surface area contributed by atoms with Crippen LogP contribution in [0.3, 0.4) is 0 Å². The molecule has 0 unspecified atom stereocenters. The topological polar surface area (TPSA) is 21.7 Å². The van der Waals surface area contributed by atoms with Crippen LogP contribution in [0, 0.1) is 12.5 Å². The lowest BCUT2D eigenvalue weighted by Gasteiger charge is -2.18. The Morgan fingerprint density at radius 3 is 1.48 bits per heavy atom. The predicted molar refractivity (Wildman–Crippen MR) is 84.1 cm³/mol. The van der Waals surface area contributed by atoms with Crippen LogP contribution in [-0.4, -0.2) is 19.1 Å². The van der Waals surface area contributed by atoms with Crippen molar-refractivity contribution in [2.24, 2.45) is 0 Å². The van der Waals surface area contributed by atoms with Crippen LogP contribution in [0.1, 0.15) is 11.1 Å². The van der Waals surface area contributed by atoms with Crippen molar-refractivity contribution in [3.63, 3.8) is 0 Å². The molecular formula is C18H19NO2. The third-order valence-electron chi connectivity index (χ3n) is 3.25. The fraction of sp³-hybridized carbons (Fsp3) is 0.222. The predicted octanol–water partition coefficient (Wildman–Crippen LogP) is 3.30. The lowest BCUT2D eigenvalue weighted by atomic mass is 10.1. The van der Waals surface area contributed by atoms with Gasteiger partial charge in [0, 0.05) is 6.04 Å². The molecule has 2 aromatic rings. The van der Waals surface area contributed by atoms with E-state index in [4.69, 9.17) is 15.9 Å². The summed E-state index contributed by atoms with van der Waals surface area (Å²) in [5.41, 5.74) is 2.31. The molecule has 0 atom stereocenters. The van der Waals surface area contributed by atoms with Crippen LogP contribution in [0.15, 0.2) is 48.5 Å². The Morgan fingerprint density at radius 2 is 1.19 bits per heavy atom. The Hall–Kier alpha value is -2.60. The molecule has 0 radical (unpaired) electrons. The number of hydrogen-bond donors (Lipinski definition) is 0. The summed E-state index contributed by atoms with van der Waals surface area (Å²) in [6.07, 6.45) is 5.61. The van der Waals surface area contributed by atoms with Crippen molar-refractivity contribution < 1.29 is 9.47 Å². The standard InChI is InChI=1S/C18H19NO2/c1-4-19(13-15-5-9-17(20-2)10-6-15)14-16-7-11-18(21-3)12-8-16/h1,5-12H,13-14H2,2-3H3. The normalized spacial score (nSPS) is 9.76. The van der Waals surface area contributed by atoms with Crippen LogP contribution in [-0.2, 0) is 13.1 Å². The Morgan fingerprint density at radius 1 is 0.810 bits per heavy atom. The highest BCUT2D eigenvalue weighted by molar-refractivity contribution is 5.29. The van der Waals surface area contributed by atoms with Gasteiger partial charge in [0.05, 0.1) is 27.3 Å². The molecule has 0 bridgehead atoms. The summed E-state index contributed by atoms with van der Waals surface area (Å²) in [5, 5.41) is 0. The number of methoxy groups -OCH3 is 2. The average Bonchev–Trinajstić information content (AvgIpc) is 2.55. The third kappa shape index (κ3) is 4.19. The quantitative estimate of drug-likeness (QED) is 0.599. The summed E-state index contributed by atoms with van der Waals surface area (Å²) in [6.45, 7) is 1.40. The number of nitrogens with zero attached hydrogens (tertiary/aromatic N) is 1. The van der Waals surface area contributed by atoms with Crippen molar-refractivity contribution in [3.8, 4) is 24.0 Å². The van der Waals surface area contributed by atoms with Crippen molar-refractivity contribution in [1.82, 2.24) is 4.90 Å². The minimum absolute atomic E-state index is 0.701. The van der Waals surface area contributed by atoms with E-state index in [0.717, 1.165) is 22.6 Å². The van der Waals surface area contributed by atoms with Crippen molar-refractivity contribution in [1.29, 1.82) is 0 Å². The Balaban J connectivity index is 2.00. The van der Waals surface area contributed by atoms with Gasteiger partial charge in [-0.05, 0) is 35.4 Å². The molecule has 0 aliphatic heterocycles. The third-order valence-corrected chi connectivity index (χ3v) is 3.25. The lowest BCUT2D eigenvalue weighted by Crippen LogP contribution is -2.16. The zero-order valence-corrected chi connectivity index (χ0v) is 12.4.